The van der Waals surface area contributed by atoms with Gasteiger partial charge in [-0.2, -0.15) is 0 Å². The van der Waals surface area contributed by atoms with Gasteiger partial charge in [-0.1, -0.05) is 13.8 Å². The highest BCUT2D eigenvalue weighted by molar-refractivity contribution is 4.93. The minimum Gasteiger partial charge on any atom is -0.390 e. The van der Waals surface area contributed by atoms with E-state index >= 15 is 0 Å². The second kappa shape index (κ2) is 3.14. The fourth-order valence-electron chi connectivity index (χ4n) is 1.71. The fraction of sp³-hybridized carbons (Fsp3) is 0.900. The molecule has 1 fully saturated rings. The summed E-state index contributed by atoms with van der Waals surface area (Å²) in [7, 11) is 0. The highest BCUT2D eigenvalue weighted by Crippen LogP contribution is 2.34. The standard InChI is InChI=1S/C10H19O/c1-8(2)9-4-6-10(3,11)7-5-9/h4,8-9,11H,5-7H2,1-3H3. The molecule has 65 valence electrons. The Hall–Kier alpha value is -0.0400. The van der Waals surface area contributed by atoms with Gasteiger partial charge in [0.25, 0.3) is 0 Å². The summed E-state index contributed by atoms with van der Waals surface area (Å²) in [5.74, 6) is 1.47. The fourth-order valence-corrected chi connectivity index (χ4v) is 1.71. The SMILES string of the molecule is CC(C)C1[CH]CC(C)(O)CC1. The van der Waals surface area contributed by atoms with E-state index in [1.165, 1.54) is 0 Å². The molecule has 11 heavy (non-hydrogen) atoms. The Morgan fingerprint density at radius 3 is 2.55 bits per heavy atom. The summed E-state index contributed by atoms with van der Waals surface area (Å²) in [5.41, 5.74) is -0.411. The third-order valence-corrected chi connectivity index (χ3v) is 2.73. The molecular weight excluding hydrogens is 136 g/mol. The average molecular weight is 155 g/mol. The van der Waals surface area contributed by atoms with Crippen LogP contribution in [0, 0.1) is 18.3 Å². The molecule has 0 aromatic rings. The molecule has 0 aromatic carbocycles. The lowest BCUT2D eigenvalue weighted by Gasteiger charge is -2.34. The van der Waals surface area contributed by atoms with Crippen LogP contribution < -0.4 is 0 Å². The van der Waals surface area contributed by atoms with Gasteiger partial charge in [-0.15, -0.1) is 0 Å². The molecule has 2 unspecified atom stereocenters. The molecule has 1 N–H and O–H groups in total. The van der Waals surface area contributed by atoms with Crippen molar-refractivity contribution in [1.82, 2.24) is 0 Å². The first-order valence-corrected chi connectivity index (χ1v) is 4.57. The summed E-state index contributed by atoms with van der Waals surface area (Å²) in [4.78, 5) is 0. The van der Waals surface area contributed by atoms with Crippen molar-refractivity contribution in [1.29, 1.82) is 0 Å². The lowest BCUT2D eigenvalue weighted by Crippen LogP contribution is -2.32. The average Bonchev–Trinajstić information content (AvgIpc) is 1.86. The van der Waals surface area contributed by atoms with Crippen LogP contribution in [-0.2, 0) is 0 Å². The van der Waals surface area contributed by atoms with Gasteiger partial charge >= 0.3 is 0 Å². The lowest BCUT2D eigenvalue weighted by molar-refractivity contribution is 0.0227. The number of hydrogen-bond donors (Lipinski definition) is 1. The zero-order valence-corrected chi connectivity index (χ0v) is 7.80. The molecule has 0 aromatic heterocycles. The molecule has 0 heterocycles. The largest absolute Gasteiger partial charge is 0.390 e. The molecule has 1 aliphatic rings. The lowest BCUT2D eigenvalue weighted by atomic mass is 9.75. The van der Waals surface area contributed by atoms with E-state index in [1.54, 1.807) is 0 Å². The Kier molecular flexibility index (Phi) is 2.58. The van der Waals surface area contributed by atoms with E-state index in [9.17, 15) is 5.11 Å². The van der Waals surface area contributed by atoms with Crippen molar-refractivity contribution in [2.45, 2.75) is 45.6 Å². The molecule has 0 aliphatic heterocycles. The van der Waals surface area contributed by atoms with Crippen LogP contribution in [0.25, 0.3) is 0 Å². The van der Waals surface area contributed by atoms with Gasteiger partial charge in [0.1, 0.15) is 0 Å². The van der Waals surface area contributed by atoms with Crippen LogP contribution in [0.15, 0.2) is 0 Å². The van der Waals surface area contributed by atoms with Gasteiger partial charge in [-0.3, -0.25) is 0 Å². The number of aliphatic hydroxyl groups is 1. The molecule has 2 atom stereocenters. The first-order chi connectivity index (χ1) is 5.01. The van der Waals surface area contributed by atoms with Crippen molar-refractivity contribution in [3.05, 3.63) is 6.42 Å². The minimum absolute atomic E-state index is 0.411. The number of hydrogen-bond acceptors (Lipinski definition) is 1. The molecular formula is C10H19O. The zero-order chi connectivity index (χ0) is 8.48. The van der Waals surface area contributed by atoms with E-state index in [4.69, 9.17) is 0 Å². The van der Waals surface area contributed by atoms with E-state index in [1.807, 2.05) is 6.92 Å². The summed E-state index contributed by atoms with van der Waals surface area (Å²) in [6.45, 7) is 6.43. The van der Waals surface area contributed by atoms with E-state index in [0.717, 1.165) is 31.1 Å². The van der Waals surface area contributed by atoms with E-state index < -0.39 is 5.60 Å². The maximum Gasteiger partial charge on any atom is 0.0622 e. The van der Waals surface area contributed by atoms with Gasteiger partial charge in [0.2, 0.25) is 0 Å². The van der Waals surface area contributed by atoms with Gasteiger partial charge < -0.3 is 5.11 Å². The maximum atomic E-state index is 9.64. The third kappa shape index (κ3) is 2.48. The van der Waals surface area contributed by atoms with Crippen LogP contribution in [0.1, 0.15) is 40.0 Å². The summed E-state index contributed by atoms with van der Waals surface area (Å²) >= 11 is 0. The Balaban J connectivity index is 2.36. The molecule has 0 saturated heterocycles. The molecule has 1 nitrogen and oxygen atoms in total. The summed E-state index contributed by atoms with van der Waals surface area (Å²) in [6.07, 6.45) is 5.28. The van der Waals surface area contributed by atoms with Gasteiger partial charge in [0.15, 0.2) is 0 Å². The highest BCUT2D eigenvalue weighted by Gasteiger charge is 2.29. The summed E-state index contributed by atoms with van der Waals surface area (Å²) in [5, 5.41) is 9.64. The van der Waals surface area contributed by atoms with Gasteiger partial charge in [0.05, 0.1) is 5.60 Å². The third-order valence-electron chi connectivity index (χ3n) is 2.73. The van der Waals surface area contributed by atoms with Crippen LogP contribution in [0.4, 0.5) is 0 Å². The molecule has 1 saturated carbocycles. The molecule has 0 bridgehead atoms. The summed E-state index contributed by atoms with van der Waals surface area (Å²) < 4.78 is 0. The highest BCUT2D eigenvalue weighted by atomic mass is 16.3. The molecule has 1 aliphatic carbocycles. The summed E-state index contributed by atoms with van der Waals surface area (Å²) in [6, 6.07) is 0. The van der Waals surface area contributed by atoms with Crippen LogP contribution in [-0.4, -0.2) is 10.7 Å². The Morgan fingerprint density at radius 1 is 1.55 bits per heavy atom. The Bertz CT molecular complexity index is 117. The molecule has 0 amide bonds. The van der Waals surface area contributed by atoms with E-state index in [2.05, 4.69) is 20.3 Å². The zero-order valence-electron chi connectivity index (χ0n) is 7.80. The topological polar surface area (TPSA) is 20.2 Å². The second-order valence-electron chi connectivity index (χ2n) is 4.38. The molecule has 1 radical (unpaired) electrons. The van der Waals surface area contributed by atoms with Crippen molar-refractivity contribution in [2.24, 2.45) is 11.8 Å². The molecule has 0 spiro atoms. The number of rotatable bonds is 1. The van der Waals surface area contributed by atoms with Gasteiger partial charge in [-0.05, 0) is 44.4 Å². The predicted octanol–water partition coefficient (Wildman–Crippen LogP) is 2.40. The normalized spacial score (nSPS) is 39.5. The quantitative estimate of drug-likeness (QED) is 0.616. The second-order valence-corrected chi connectivity index (χ2v) is 4.38. The van der Waals surface area contributed by atoms with E-state index in [-0.39, 0.29) is 0 Å². The van der Waals surface area contributed by atoms with Crippen LogP contribution in [0.3, 0.4) is 0 Å². The Morgan fingerprint density at radius 2 is 2.18 bits per heavy atom. The smallest absolute Gasteiger partial charge is 0.0622 e. The van der Waals surface area contributed by atoms with Gasteiger partial charge in [-0.25, -0.2) is 0 Å². The van der Waals surface area contributed by atoms with Crippen molar-refractivity contribution < 1.29 is 5.11 Å². The van der Waals surface area contributed by atoms with Crippen LogP contribution in [0.5, 0.6) is 0 Å². The van der Waals surface area contributed by atoms with Crippen LogP contribution in [0.2, 0.25) is 0 Å². The van der Waals surface area contributed by atoms with Crippen molar-refractivity contribution in [3.63, 3.8) is 0 Å². The van der Waals surface area contributed by atoms with Crippen LogP contribution >= 0.6 is 0 Å². The molecule has 1 heteroatoms. The van der Waals surface area contributed by atoms with Crippen molar-refractivity contribution in [3.8, 4) is 0 Å². The first kappa shape index (κ1) is 9.05. The molecule has 1 rings (SSSR count). The minimum atomic E-state index is -0.411. The van der Waals surface area contributed by atoms with Crippen molar-refractivity contribution in [2.75, 3.05) is 0 Å². The van der Waals surface area contributed by atoms with Crippen molar-refractivity contribution >= 4 is 0 Å². The Labute approximate surface area is 69.8 Å². The maximum absolute atomic E-state index is 9.64. The van der Waals surface area contributed by atoms with E-state index in [0.29, 0.717) is 0 Å². The predicted molar refractivity (Wildman–Crippen MR) is 47.1 cm³/mol. The van der Waals surface area contributed by atoms with Gasteiger partial charge in [0, 0.05) is 0 Å². The monoisotopic (exact) mass is 155 g/mol. The first-order valence-electron chi connectivity index (χ1n) is 4.57.